The molecule has 0 saturated heterocycles. The number of hydrogen-bond acceptors (Lipinski definition) is 4. The van der Waals surface area contributed by atoms with Crippen LogP contribution in [0, 0.1) is 5.92 Å². The molecule has 5 heteroatoms. The van der Waals surface area contributed by atoms with Gasteiger partial charge < -0.3 is 5.32 Å². The summed E-state index contributed by atoms with van der Waals surface area (Å²) in [4.78, 5) is 22.3. The third kappa shape index (κ3) is 3.87. The lowest BCUT2D eigenvalue weighted by Gasteiger charge is -2.20. The van der Waals surface area contributed by atoms with Crippen molar-refractivity contribution in [2.45, 2.75) is 38.5 Å². The van der Waals surface area contributed by atoms with Crippen LogP contribution >= 0.6 is 11.3 Å². The van der Waals surface area contributed by atoms with Gasteiger partial charge in [-0.05, 0) is 43.0 Å². The molecule has 1 amide bonds. The first-order chi connectivity index (χ1) is 12.3. The van der Waals surface area contributed by atoms with Crippen molar-refractivity contribution in [3.05, 3.63) is 42.6 Å². The van der Waals surface area contributed by atoms with Crippen LogP contribution in [-0.4, -0.2) is 15.9 Å². The van der Waals surface area contributed by atoms with Crippen LogP contribution in [-0.2, 0) is 4.79 Å². The molecule has 1 saturated carbocycles. The Labute approximate surface area is 151 Å². The number of benzene rings is 1. The van der Waals surface area contributed by atoms with Gasteiger partial charge in [-0.3, -0.25) is 4.79 Å². The van der Waals surface area contributed by atoms with Gasteiger partial charge in [-0.15, -0.1) is 0 Å². The Morgan fingerprint density at radius 1 is 1.16 bits per heavy atom. The number of aromatic nitrogens is 2. The van der Waals surface area contributed by atoms with Crippen molar-refractivity contribution >= 4 is 33.3 Å². The van der Waals surface area contributed by atoms with Gasteiger partial charge in [0.05, 0.1) is 0 Å². The average molecular weight is 351 g/mol. The molecule has 4 nitrogen and oxygen atoms in total. The van der Waals surface area contributed by atoms with E-state index in [1.807, 2.05) is 36.4 Å². The molecule has 0 aliphatic heterocycles. The smallest absolute Gasteiger partial charge is 0.224 e. The van der Waals surface area contributed by atoms with Crippen molar-refractivity contribution in [2.24, 2.45) is 5.92 Å². The molecule has 0 bridgehead atoms. The van der Waals surface area contributed by atoms with Gasteiger partial charge in [-0.25, -0.2) is 9.97 Å². The number of pyridine rings is 1. The van der Waals surface area contributed by atoms with Crippen molar-refractivity contribution in [2.75, 3.05) is 5.32 Å². The molecule has 3 aromatic rings. The third-order valence-corrected chi connectivity index (χ3v) is 5.79. The molecule has 0 atom stereocenters. The topological polar surface area (TPSA) is 54.9 Å². The lowest BCUT2D eigenvalue weighted by Crippen LogP contribution is -2.18. The van der Waals surface area contributed by atoms with Gasteiger partial charge in [0.2, 0.25) is 5.91 Å². The van der Waals surface area contributed by atoms with E-state index in [9.17, 15) is 4.79 Å². The maximum Gasteiger partial charge on any atom is 0.224 e. The molecular weight excluding hydrogens is 330 g/mol. The van der Waals surface area contributed by atoms with Crippen molar-refractivity contribution in [3.63, 3.8) is 0 Å². The minimum atomic E-state index is 0.120. The van der Waals surface area contributed by atoms with Crippen LogP contribution < -0.4 is 5.32 Å². The molecule has 128 valence electrons. The van der Waals surface area contributed by atoms with E-state index in [0.29, 0.717) is 12.3 Å². The Morgan fingerprint density at radius 3 is 2.88 bits per heavy atom. The molecule has 2 aromatic heterocycles. The lowest BCUT2D eigenvalue weighted by molar-refractivity contribution is -0.117. The number of thiazole rings is 1. The number of anilines is 1. The highest BCUT2D eigenvalue weighted by Gasteiger charge is 2.17. The highest BCUT2D eigenvalue weighted by Crippen LogP contribution is 2.30. The molecule has 1 N–H and O–H groups in total. The summed E-state index contributed by atoms with van der Waals surface area (Å²) in [5, 5.41) is 3.98. The zero-order valence-corrected chi connectivity index (χ0v) is 14.9. The van der Waals surface area contributed by atoms with E-state index >= 15 is 0 Å². The molecule has 1 aromatic carbocycles. The summed E-state index contributed by atoms with van der Waals surface area (Å²) in [5.41, 5.74) is 2.76. The SMILES string of the molecule is O=C(CC1CCCCC1)Nc1cccc(-c2nc3cccnc3s2)c1. The van der Waals surface area contributed by atoms with Gasteiger partial charge in [0.25, 0.3) is 0 Å². The monoisotopic (exact) mass is 351 g/mol. The first-order valence-corrected chi connectivity index (χ1v) is 9.71. The second-order valence-corrected chi connectivity index (χ2v) is 7.66. The van der Waals surface area contributed by atoms with Gasteiger partial charge in [-0.1, -0.05) is 42.7 Å². The second kappa shape index (κ2) is 7.31. The fourth-order valence-electron chi connectivity index (χ4n) is 3.49. The molecule has 2 heterocycles. The summed E-state index contributed by atoms with van der Waals surface area (Å²) >= 11 is 1.57. The van der Waals surface area contributed by atoms with Crippen LogP contribution in [0.15, 0.2) is 42.6 Å². The number of hydrogen-bond donors (Lipinski definition) is 1. The Bertz CT molecular complexity index is 850. The fraction of sp³-hybridized carbons (Fsp3) is 0.350. The van der Waals surface area contributed by atoms with Gasteiger partial charge in [0.1, 0.15) is 15.4 Å². The van der Waals surface area contributed by atoms with E-state index in [4.69, 9.17) is 0 Å². The van der Waals surface area contributed by atoms with Crippen LogP contribution in [0.1, 0.15) is 38.5 Å². The van der Waals surface area contributed by atoms with Gasteiger partial charge in [-0.2, -0.15) is 0 Å². The standard InChI is InChI=1S/C20H21N3OS/c24-18(12-14-6-2-1-3-7-14)22-16-9-4-8-15(13-16)19-23-17-10-5-11-21-20(17)25-19/h4-5,8-11,13-14H,1-3,6-7,12H2,(H,22,24). The molecule has 1 aliphatic rings. The minimum Gasteiger partial charge on any atom is -0.326 e. The Hall–Kier alpha value is -2.27. The predicted octanol–water partition coefficient (Wildman–Crippen LogP) is 5.27. The minimum absolute atomic E-state index is 0.120. The molecule has 25 heavy (non-hydrogen) atoms. The largest absolute Gasteiger partial charge is 0.326 e. The number of carbonyl (C=O) groups is 1. The van der Waals surface area contributed by atoms with Crippen LogP contribution in [0.2, 0.25) is 0 Å². The van der Waals surface area contributed by atoms with Gasteiger partial charge in [0.15, 0.2) is 0 Å². The highest BCUT2D eigenvalue weighted by atomic mass is 32.1. The van der Waals surface area contributed by atoms with Crippen LogP contribution in [0.3, 0.4) is 0 Å². The van der Waals surface area contributed by atoms with Crippen molar-refractivity contribution in [1.82, 2.24) is 9.97 Å². The molecule has 0 unspecified atom stereocenters. The lowest BCUT2D eigenvalue weighted by atomic mass is 9.87. The summed E-state index contributed by atoms with van der Waals surface area (Å²) in [5.74, 6) is 0.669. The van der Waals surface area contributed by atoms with E-state index in [1.165, 1.54) is 32.1 Å². The van der Waals surface area contributed by atoms with Gasteiger partial charge >= 0.3 is 0 Å². The van der Waals surface area contributed by atoms with E-state index in [1.54, 1.807) is 17.5 Å². The van der Waals surface area contributed by atoms with Crippen molar-refractivity contribution in [3.8, 4) is 10.6 Å². The molecule has 1 fully saturated rings. The maximum absolute atomic E-state index is 12.3. The maximum atomic E-state index is 12.3. The fourth-order valence-corrected chi connectivity index (χ4v) is 4.39. The molecule has 0 radical (unpaired) electrons. The first kappa shape index (κ1) is 16.2. The highest BCUT2D eigenvalue weighted by molar-refractivity contribution is 7.21. The Kier molecular flexibility index (Phi) is 4.74. The predicted molar refractivity (Wildman–Crippen MR) is 103 cm³/mol. The first-order valence-electron chi connectivity index (χ1n) is 8.90. The van der Waals surface area contributed by atoms with Crippen LogP contribution in [0.25, 0.3) is 20.9 Å². The van der Waals surface area contributed by atoms with Gasteiger partial charge in [0, 0.05) is 23.9 Å². The van der Waals surface area contributed by atoms with E-state index in [0.717, 1.165) is 26.6 Å². The van der Waals surface area contributed by atoms with Crippen molar-refractivity contribution in [1.29, 1.82) is 0 Å². The number of fused-ring (bicyclic) bond motifs is 1. The number of nitrogens with zero attached hydrogens (tertiary/aromatic N) is 2. The summed E-state index contributed by atoms with van der Waals surface area (Å²) in [6.07, 6.45) is 8.63. The number of amides is 1. The second-order valence-electron chi connectivity index (χ2n) is 6.68. The van der Waals surface area contributed by atoms with E-state index in [-0.39, 0.29) is 5.91 Å². The quantitative estimate of drug-likeness (QED) is 0.697. The number of nitrogens with one attached hydrogen (secondary N) is 1. The molecule has 0 spiro atoms. The summed E-state index contributed by atoms with van der Waals surface area (Å²) in [6.45, 7) is 0. The summed E-state index contributed by atoms with van der Waals surface area (Å²) in [7, 11) is 0. The molecular formula is C20H21N3OS. The zero-order valence-electron chi connectivity index (χ0n) is 14.1. The third-order valence-electron chi connectivity index (χ3n) is 4.76. The molecule has 1 aliphatic carbocycles. The summed E-state index contributed by atoms with van der Waals surface area (Å²) < 4.78 is 0. The van der Waals surface area contributed by atoms with E-state index < -0.39 is 0 Å². The van der Waals surface area contributed by atoms with E-state index in [2.05, 4.69) is 15.3 Å². The average Bonchev–Trinajstić information content (AvgIpc) is 3.07. The molecule has 4 rings (SSSR count). The van der Waals surface area contributed by atoms with Crippen LogP contribution in [0.4, 0.5) is 5.69 Å². The number of carbonyl (C=O) groups excluding carboxylic acids is 1. The van der Waals surface area contributed by atoms with Crippen molar-refractivity contribution < 1.29 is 4.79 Å². The zero-order chi connectivity index (χ0) is 17.1. The number of rotatable bonds is 4. The van der Waals surface area contributed by atoms with Crippen LogP contribution in [0.5, 0.6) is 0 Å². The Morgan fingerprint density at radius 2 is 2.04 bits per heavy atom. The summed E-state index contributed by atoms with van der Waals surface area (Å²) in [6, 6.07) is 11.8. The Balaban J connectivity index is 1.48. The normalized spacial score (nSPS) is 15.4.